The minimum atomic E-state index is -0.827. The van der Waals surface area contributed by atoms with Crippen LogP contribution in [0.25, 0.3) is 0 Å². The highest BCUT2D eigenvalue weighted by Gasteiger charge is 2.61. The van der Waals surface area contributed by atoms with Gasteiger partial charge in [0.05, 0.1) is 0 Å². The summed E-state index contributed by atoms with van der Waals surface area (Å²) >= 11 is 0. The van der Waals surface area contributed by atoms with Gasteiger partial charge in [-0.1, -0.05) is 27.2 Å². The highest BCUT2D eigenvalue weighted by molar-refractivity contribution is 5.74. The molecule has 0 aliphatic heterocycles. The quantitative estimate of drug-likeness (QED) is 0.740. The molecule has 0 bridgehead atoms. The van der Waals surface area contributed by atoms with Crippen LogP contribution in [-0.2, 0) is 9.53 Å². The van der Waals surface area contributed by atoms with Gasteiger partial charge in [-0.15, -0.1) is 0 Å². The molecule has 14 heavy (non-hydrogen) atoms. The van der Waals surface area contributed by atoms with Gasteiger partial charge in [0.2, 0.25) is 0 Å². The highest BCUT2D eigenvalue weighted by atomic mass is 16.5. The lowest BCUT2D eigenvalue weighted by molar-refractivity contribution is -0.157. The lowest BCUT2D eigenvalue weighted by atomic mass is 9.70. The van der Waals surface area contributed by atoms with Crippen LogP contribution in [0.5, 0.6) is 0 Å². The first-order valence-corrected chi connectivity index (χ1v) is 5.17. The SMILES string of the molecule is CCC(C)(C)C1(C(OC)C(=O)O)CC1. The van der Waals surface area contributed by atoms with Crippen molar-refractivity contribution >= 4 is 5.97 Å². The Morgan fingerprint density at radius 2 is 2.07 bits per heavy atom. The Morgan fingerprint density at radius 3 is 2.29 bits per heavy atom. The molecule has 0 amide bonds. The van der Waals surface area contributed by atoms with Crippen molar-refractivity contribution < 1.29 is 14.6 Å². The van der Waals surface area contributed by atoms with Crippen molar-refractivity contribution in [3.63, 3.8) is 0 Å². The largest absolute Gasteiger partial charge is 0.479 e. The molecular formula is C11H20O3. The Hall–Kier alpha value is -0.570. The molecule has 1 aliphatic carbocycles. The van der Waals surface area contributed by atoms with E-state index in [4.69, 9.17) is 9.84 Å². The second kappa shape index (κ2) is 3.54. The van der Waals surface area contributed by atoms with Gasteiger partial charge in [0.25, 0.3) is 0 Å². The van der Waals surface area contributed by atoms with E-state index in [9.17, 15) is 4.79 Å². The third-order valence-electron chi connectivity index (χ3n) is 3.98. The predicted octanol–water partition coefficient (Wildman–Crippen LogP) is 2.30. The molecule has 1 N–H and O–H groups in total. The Bertz CT molecular complexity index is 229. The summed E-state index contributed by atoms with van der Waals surface area (Å²) in [5, 5.41) is 9.08. The number of rotatable bonds is 5. The first-order valence-electron chi connectivity index (χ1n) is 5.17. The van der Waals surface area contributed by atoms with E-state index in [1.54, 1.807) is 0 Å². The zero-order valence-electron chi connectivity index (χ0n) is 9.46. The van der Waals surface area contributed by atoms with E-state index in [0.717, 1.165) is 19.3 Å². The Labute approximate surface area is 85.5 Å². The summed E-state index contributed by atoms with van der Waals surface area (Å²) in [6.45, 7) is 6.37. The molecule has 0 aromatic heterocycles. The standard InChI is InChI=1S/C11H20O3/c1-5-10(2,3)11(6-7-11)8(14-4)9(12)13/h8H,5-7H2,1-4H3,(H,12,13). The number of carbonyl (C=O) groups is 1. The first-order chi connectivity index (χ1) is 6.41. The number of hydrogen-bond acceptors (Lipinski definition) is 2. The van der Waals surface area contributed by atoms with E-state index < -0.39 is 12.1 Å². The van der Waals surface area contributed by atoms with Gasteiger partial charge in [-0.05, 0) is 18.3 Å². The summed E-state index contributed by atoms with van der Waals surface area (Å²) < 4.78 is 5.13. The van der Waals surface area contributed by atoms with Crippen LogP contribution in [0.4, 0.5) is 0 Å². The summed E-state index contributed by atoms with van der Waals surface area (Å²) in [5.74, 6) is -0.827. The van der Waals surface area contributed by atoms with Gasteiger partial charge in [0.15, 0.2) is 6.10 Å². The van der Waals surface area contributed by atoms with Crippen molar-refractivity contribution in [1.29, 1.82) is 0 Å². The second-order valence-electron chi connectivity index (χ2n) is 4.85. The number of carboxylic acids is 1. The Morgan fingerprint density at radius 1 is 1.57 bits per heavy atom. The molecule has 1 saturated carbocycles. The van der Waals surface area contributed by atoms with Gasteiger partial charge in [-0.25, -0.2) is 4.79 Å². The average Bonchev–Trinajstić information content (AvgIpc) is 2.86. The van der Waals surface area contributed by atoms with Crippen LogP contribution in [0.1, 0.15) is 40.0 Å². The highest BCUT2D eigenvalue weighted by Crippen LogP contribution is 2.62. The fourth-order valence-corrected chi connectivity index (χ4v) is 2.34. The fraction of sp³-hybridized carbons (Fsp3) is 0.909. The van der Waals surface area contributed by atoms with Crippen LogP contribution in [0, 0.1) is 10.8 Å². The van der Waals surface area contributed by atoms with Crippen molar-refractivity contribution in [2.45, 2.75) is 46.1 Å². The van der Waals surface area contributed by atoms with E-state index in [1.165, 1.54) is 7.11 Å². The smallest absolute Gasteiger partial charge is 0.333 e. The number of ether oxygens (including phenoxy) is 1. The van der Waals surface area contributed by atoms with Gasteiger partial charge < -0.3 is 9.84 Å². The molecule has 0 aromatic carbocycles. The molecule has 3 heteroatoms. The maximum atomic E-state index is 11.1. The van der Waals surface area contributed by atoms with E-state index in [0.29, 0.717) is 0 Å². The summed E-state index contributed by atoms with van der Waals surface area (Å²) in [4.78, 5) is 11.1. The average molecular weight is 200 g/mol. The predicted molar refractivity (Wildman–Crippen MR) is 54.2 cm³/mol. The zero-order chi connectivity index (χ0) is 11.0. The van der Waals surface area contributed by atoms with Crippen LogP contribution in [-0.4, -0.2) is 24.3 Å². The molecule has 1 aliphatic rings. The molecule has 1 rings (SSSR count). The van der Waals surface area contributed by atoms with Gasteiger partial charge in [0.1, 0.15) is 0 Å². The van der Waals surface area contributed by atoms with Gasteiger partial charge in [-0.2, -0.15) is 0 Å². The lowest BCUT2D eigenvalue weighted by Crippen LogP contribution is -2.42. The second-order valence-corrected chi connectivity index (χ2v) is 4.85. The molecule has 0 spiro atoms. The third kappa shape index (κ3) is 1.54. The molecular weight excluding hydrogens is 180 g/mol. The van der Waals surface area contributed by atoms with E-state index in [1.807, 2.05) is 0 Å². The van der Waals surface area contributed by atoms with Gasteiger partial charge in [-0.3, -0.25) is 0 Å². The number of carboxylic acid groups (broad SMARTS) is 1. The number of hydrogen-bond donors (Lipinski definition) is 1. The third-order valence-corrected chi connectivity index (χ3v) is 3.98. The zero-order valence-corrected chi connectivity index (χ0v) is 9.46. The monoisotopic (exact) mass is 200 g/mol. The van der Waals surface area contributed by atoms with Crippen LogP contribution >= 0.6 is 0 Å². The van der Waals surface area contributed by atoms with Crippen molar-refractivity contribution in [2.75, 3.05) is 7.11 Å². The molecule has 3 nitrogen and oxygen atoms in total. The molecule has 0 heterocycles. The molecule has 0 aromatic rings. The van der Waals surface area contributed by atoms with Crippen LogP contribution in [0.15, 0.2) is 0 Å². The lowest BCUT2D eigenvalue weighted by Gasteiger charge is -2.37. The van der Waals surface area contributed by atoms with Crippen molar-refractivity contribution in [2.24, 2.45) is 10.8 Å². The van der Waals surface area contributed by atoms with Crippen LogP contribution in [0.3, 0.4) is 0 Å². The minimum Gasteiger partial charge on any atom is -0.479 e. The minimum absolute atomic E-state index is 0.0477. The summed E-state index contributed by atoms with van der Waals surface area (Å²) in [5.41, 5.74) is -0.0889. The van der Waals surface area contributed by atoms with E-state index in [2.05, 4.69) is 20.8 Å². The maximum absolute atomic E-state index is 11.1. The first kappa shape index (κ1) is 11.5. The fourth-order valence-electron chi connectivity index (χ4n) is 2.34. The van der Waals surface area contributed by atoms with Crippen molar-refractivity contribution in [3.8, 4) is 0 Å². The summed E-state index contributed by atoms with van der Waals surface area (Å²) in [6.07, 6.45) is 2.29. The number of methoxy groups -OCH3 is 1. The Balaban J connectivity index is 2.89. The van der Waals surface area contributed by atoms with Crippen molar-refractivity contribution in [1.82, 2.24) is 0 Å². The van der Waals surface area contributed by atoms with Gasteiger partial charge in [0, 0.05) is 12.5 Å². The van der Waals surface area contributed by atoms with Crippen LogP contribution < -0.4 is 0 Å². The molecule has 1 fully saturated rings. The summed E-state index contributed by atoms with van der Waals surface area (Å²) in [7, 11) is 1.49. The number of aliphatic carboxylic acids is 1. The molecule has 0 saturated heterocycles. The van der Waals surface area contributed by atoms with Crippen LogP contribution in [0.2, 0.25) is 0 Å². The van der Waals surface area contributed by atoms with Gasteiger partial charge >= 0.3 is 5.97 Å². The maximum Gasteiger partial charge on any atom is 0.333 e. The van der Waals surface area contributed by atoms with E-state index >= 15 is 0 Å². The molecule has 1 atom stereocenters. The molecule has 82 valence electrons. The van der Waals surface area contributed by atoms with Crippen molar-refractivity contribution in [3.05, 3.63) is 0 Å². The topological polar surface area (TPSA) is 46.5 Å². The molecule has 1 unspecified atom stereocenters. The summed E-state index contributed by atoms with van der Waals surface area (Å²) in [6, 6.07) is 0. The Kier molecular flexibility index (Phi) is 2.91. The molecule has 0 radical (unpaired) electrons. The van der Waals surface area contributed by atoms with E-state index in [-0.39, 0.29) is 10.8 Å². The normalized spacial score (nSPS) is 21.7.